The topological polar surface area (TPSA) is 64.9 Å². The third-order valence-corrected chi connectivity index (χ3v) is 1.88. The largest absolute Gasteiger partial charge is 0.419 e. The number of hydrogen-bond donors (Lipinski definition) is 2. The summed E-state index contributed by atoms with van der Waals surface area (Å²) in [6.07, 6.45) is -2.90. The van der Waals surface area contributed by atoms with E-state index in [-0.39, 0.29) is 36.4 Å². The molecule has 0 aliphatic heterocycles. The van der Waals surface area contributed by atoms with Crippen LogP contribution in [0.4, 0.5) is 19.0 Å². The predicted molar refractivity (Wildman–Crippen MR) is 73.3 cm³/mol. The number of alkyl halides is 3. The van der Waals surface area contributed by atoms with Crippen LogP contribution in [0, 0.1) is 11.8 Å². The standard InChI is InChI=1S/C11H12F3N3.2ClH/c1-7(15)3-2-4-8-5-9(11(12,13)14)10(16)17-6-8;;/h5-7H,3,15H2,1H3,(H2,16,17);2*1H/t7-;;/m0../s1. The fourth-order valence-electron chi connectivity index (χ4n) is 1.08. The molecule has 0 radical (unpaired) electrons. The second-order valence-electron chi connectivity index (χ2n) is 3.64. The van der Waals surface area contributed by atoms with Crippen LogP contribution in [0.3, 0.4) is 0 Å². The molecule has 0 amide bonds. The number of pyridine rings is 1. The maximum absolute atomic E-state index is 12.5. The molecule has 1 atom stereocenters. The number of hydrogen-bond acceptors (Lipinski definition) is 3. The summed E-state index contributed by atoms with van der Waals surface area (Å²) in [6.45, 7) is 1.76. The zero-order chi connectivity index (χ0) is 13.1. The summed E-state index contributed by atoms with van der Waals surface area (Å²) < 4.78 is 37.5. The smallest absolute Gasteiger partial charge is 0.383 e. The Bertz CT molecular complexity index is 464. The Morgan fingerprint density at radius 2 is 1.95 bits per heavy atom. The molecule has 0 spiro atoms. The summed E-state index contributed by atoms with van der Waals surface area (Å²) in [7, 11) is 0. The highest BCUT2D eigenvalue weighted by Gasteiger charge is 2.33. The zero-order valence-electron chi connectivity index (χ0n) is 9.99. The van der Waals surface area contributed by atoms with Crippen molar-refractivity contribution in [3.8, 4) is 11.8 Å². The van der Waals surface area contributed by atoms with Gasteiger partial charge in [0.25, 0.3) is 0 Å². The van der Waals surface area contributed by atoms with E-state index in [1.165, 1.54) is 6.20 Å². The quantitative estimate of drug-likeness (QED) is 0.783. The fourth-order valence-corrected chi connectivity index (χ4v) is 1.08. The van der Waals surface area contributed by atoms with Crippen molar-refractivity contribution in [3.05, 3.63) is 23.4 Å². The van der Waals surface area contributed by atoms with Crippen molar-refractivity contribution in [2.24, 2.45) is 5.73 Å². The first-order valence-corrected chi connectivity index (χ1v) is 4.88. The van der Waals surface area contributed by atoms with Gasteiger partial charge in [-0.2, -0.15) is 13.2 Å². The highest BCUT2D eigenvalue weighted by molar-refractivity contribution is 5.85. The molecule has 0 aromatic carbocycles. The average Bonchev–Trinajstić information content (AvgIpc) is 2.18. The van der Waals surface area contributed by atoms with Crippen molar-refractivity contribution in [1.82, 2.24) is 4.98 Å². The highest BCUT2D eigenvalue weighted by Crippen LogP contribution is 2.32. The lowest BCUT2D eigenvalue weighted by Crippen LogP contribution is -2.13. The van der Waals surface area contributed by atoms with E-state index in [0.29, 0.717) is 6.42 Å². The first kappa shape index (κ1) is 20.2. The molecule has 0 aliphatic rings. The van der Waals surface area contributed by atoms with Gasteiger partial charge in [0, 0.05) is 24.2 Å². The van der Waals surface area contributed by atoms with E-state index in [0.717, 1.165) is 6.07 Å². The normalized spacial score (nSPS) is 11.4. The van der Waals surface area contributed by atoms with E-state index >= 15 is 0 Å². The SMILES string of the molecule is C[C@H](N)CC#Cc1cnc(N)c(C(F)(F)F)c1.Cl.Cl. The van der Waals surface area contributed by atoms with Crippen LogP contribution < -0.4 is 11.5 Å². The minimum absolute atomic E-state index is 0. The van der Waals surface area contributed by atoms with Gasteiger partial charge in [0.05, 0.1) is 5.56 Å². The molecule has 1 rings (SSSR count). The van der Waals surface area contributed by atoms with Gasteiger partial charge < -0.3 is 11.5 Å². The molecule has 0 aliphatic carbocycles. The summed E-state index contributed by atoms with van der Waals surface area (Å²) in [4.78, 5) is 3.47. The van der Waals surface area contributed by atoms with E-state index in [9.17, 15) is 13.2 Å². The molecule has 3 nitrogen and oxygen atoms in total. The van der Waals surface area contributed by atoms with E-state index in [4.69, 9.17) is 11.5 Å². The number of nitrogen functional groups attached to an aromatic ring is 1. The van der Waals surface area contributed by atoms with Gasteiger partial charge in [-0.15, -0.1) is 24.8 Å². The number of nitrogens with zero attached hydrogens (tertiary/aromatic N) is 1. The monoisotopic (exact) mass is 315 g/mol. The van der Waals surface area contributed by atoms with Crippen LogP contribution in [0.5, 0.6) is 0 Å². The van der Waals surface area contributed by atoms with Gasteiger partial charge in [-0.3, -0.25) is 0 Å². The number of aromatic nitrogens is 1. The van der Waals surface area contributed by atoms with Gasteiger partial charge in [0.2, 0.25) is 0 Å². The van der Waals surface area contributed by atoms with Crippen LogP contribution in [0.25, 0.3) is 0 Å². The molecule has 1 aromatic heterocycles. The minimum atomic E-state index is -4.52. The average molecular weight is 316 g/mol. The molecule has 19 heavy (non-hydrogen) atoms. The van der Waals surface area contributed by atoms with Crippen LogP contribution in [0.2, 0.25) is 0 Å². The lowest BCUT2D eigenvalue weighted by molar-refractivity contribution is -0.137. The third-order valence-electron chi connectivity index (χ3n) is 1.88. The lowest BCUT2D eigenvalue weighted by atomic mass is 10.1. The Kier molecular flexibility index (Phi) is 8.60. The molecule has 108 valence electrons. The second kappa shape index (κ2) is 8.10. The third kappa shape index (κ3) is 6.53. The summed E-state index contributed by atoms with van der Waals surface area (Å²) in [5, 5.41) is 0. The summed E-state index contributed by atoms with van der Waals surface area (Å²) >= 11 is 0. The lowest BCUT2D eigenvalue weighted by Gasteiger charge is -2.08. The summed E-state index contributed by atoms with van der Waals surface area (Å²) in [5.74, 6) is 4.70. The molecule has 0 saturated carbocycles. The molecule has 0 saturated heterocycles. The van der Waals surface area contributed by atoms with Gasteiger partial charge in [0.1, 0.15) is 5.82 Å². The van der Waals surface area contributed by atoms with Crippen molar-refractivity contribution in [2.75, 3.05) is 5.73 Å². The summed E-state index contributed by atoms with van der Waals surface area (Å²) in [5.41, 5.74) is 9.82. The van der Waals surface area contributed by atoms with Crippen molar-refractivity contribution >= 4 is 30.6 Å². The minimum Gasteiger partial charge on any atom is -0.383 e. The second-order valence-corrected chi connectivity index (χ2v) is 3.64. The van der Waals surface area contributed by atoms with Crippen molar-refractivity contribution < 1.29 is 13.2 Å². The molecular formula is C11H14Cl2F3N3. The fraction of sp³-hybridized carbons (Fsp3) is 0.364. The number of anilines is 1. The molecule has 0 bridgehead atoms. The Hall–Kier alpha value is -1.16. The van der Waals surface area contributed by atoms with Crippen LogP contribution in [-0.4, -0.2) is 11.0 Å². The maximum Gasteiger partial charge on any atom is 0.419 e. The van der Waals surface area contributed by atoms with Gasteiger partial charge in [-0.05, 0) is 13.0 Å². The molecule has 0 unspecified atom stereocenters. The van der Waals surface area contributed by atoms with E-state index in [1.807, 2.05) is 0 Å². The molecule has 1 heterocycles. The van der Waals surface area contributed by atoms with Gasteiger partial charge in [-0.1, -0.05) is 11.8 Å². The van der Waals surface area contributed by atoms with Crippen LogP contribution >= 0.6 is 24.8 Å². The Labute approximate surface area is 121 Å². The predicted octanol–water partition coefficient (Wildman–Crippen LogP) is 2.62. The molecular weight excluding hydrogens is 302 g/mol. The van der Waals surface area contributed by atoms with Gasteiger partial charge in [-0.25, -0.2) is 4.98 Å². The Morgan fingerprint density at radius 1 is 1.37 bits per heavy atom. The Balaban J connectivity index is 0. The summed E-state index contributed by atoms with van der Waals surface area (Å²) in [6, 6.07) is 0.766. The molecule has 0 fully saturated rings. The van der Waals surface area contributed by atoms with Crippen molar-refractivity contribution in [2.45, 2.75) is 25.6 Å². The van der Waals surface area contributed by atoms with Crippen LogP contribution in [0.1, 0.15) is 24.5 Å². The first-order valence-electron chi connectivity index (χ1n) is 4.88. The molecule has 8 heteroatoms. The molecule has 1 aromatic rings. The van der Waals surface area contributed by atoms with Crippen molar-refractivity contribution in [1.29, 1.82) is 0 Å². The van der Waals surface area contributed by atoms with E-state index in [2.05, 4.69) is 16.8 Å². The van der Waals surface area contributed by atoms with Crippen LogP contribution in [0.15, 0.2) is 12.3 Å². The van der Waals surface area contributed by atoms with Crippen LogP contribution in [-0.2, 0) is 6.18 Å². The number of rotatable bonds is 1. The maximum atomic E-state index is 12.5. The van der Waals surface area contributed by atoms with E-state index in [1.54, 1.807) is 6.92 Å². The number of halogens is 5. The molecule has 4 N–H and O–H groups in total. The highest BCUT2D eigenvalue weighted by atomic mass is 35.5. The number of nitrogens with two attached hydrogens (primary N) is 2. The zero-order valence-corrected chi connectivity index (χ0v) is 11.6. The van der Waals surface area contributed by atoms with Gasteiger partial charge >= 0.3 is 6.18 Å². The van der Waals surface area contributed by atoms with Gasteiger partial charge in [0.15, 0.2) is 0 Å². The Morgan fingerprint density at radius 3 is 2.42 bits per heavy atom. The first-order chi connectivity index (χ1) is 7.80. The van der Waals surface area contributed by atoms with Crippen molar-refractivity contribution in [3.63, 3.8) is 0 Å². The van der Waals surface area contributed by atoms with E-state index < -0.39 is 17.6 Å².